The molecule has 158 valence electrons. The second-order valence-corrected chi connectivity index (χ2v) is 8.10. The van der Waals surface area contributed by atoms with Crippen LogP contribution in [0.2, 0.25) is 0 Å². The van der Waals surface area contributed by atoms with E-state index >= 15 is 0 Å². The number of amides is 1. The molecule has 1 N–H and O–H groups in total. The van der Waals surface area contributed by atoms with Gasteiger partial charge in [0.05, 0.1) is 17.7 Å². The molecule has 6 nitrogen and oxygen atoms in total. The maximum atomic E-state index is 13.5. The van der Waals surface area contributed by atoms with E-state index in [1.54, 1.807) is 29.6 Å². The van der Waals surface area contributed by atoms with Gasteiger partial charge in [-0.15, -0.1) is 11.3 Å². The molecule has 1 amide bonds. The molecule has 1 aliphatic rings. The largest absolute Gasteiger partial charge is 0.507 e. The lowest BCUT2D eigenvalue weighted by Gasteiger charge is -2.23. The van der Waals surface area contributed by atoms with Gasteiger partial charge in [-0.25, -0.2) is 9.37 Å². The van der Waals surface area contributed by atoms with Crippen molar-refractivity contribution in [3.8, 4) is 5.75 Å². The Labute approximate surface area is 182 Å². The van der Waals surface area contributed by atoms with Crippen molar-refractivity contribution in [1.82, 2.24) is 4.98 Å². The first kappa shape index (κ1) is 20.7. The van der Waals surface area contributed by atoms with Gasteiger partial charge in [0, 0.05) is 17.1 Å². The topological polar surface area (TPSA) is 79.7 Å². The second kappa shape index (κ2) is 8.31. The van der Waals surface area contributed by atoms with Crippen LogP contribution in [0.25, 0.3) is 5.76 Å². The van der Waals surface area contributed by atoms with Crippen molar-refractivity contribution in [2.75, 3.05) is 4.90 Å². The summed E-state index contributed by atoms with van der Waals surface area (Å²) in [6.07, 6.45) is 1.51. The number of thiazole rings is 1. The Balaban J connectivity index is 1.84. The maximum absolute atomic E-state index is 13.5. The number of hydrogen-bond acceptors (Lipinski definition) is 6. The number of rotatable bonds is 5. The lowest BCUT2D eigenvalue weighted by atomic mass is 9.95. The third kappa shape index (κ3) is 3.94. The van der Waals surface area contributed by atoms with Gasteiger partial charge in [-0.3, -0.25) is 14.5 Å². The van der Waals surface area contributed by atoms with Gasteiger partial charge in [-0.05, 0) is 55.8 Å². The van der Waals surface area contributed by atoms with Gasteiger partial charge < -0.3 is 9.84 Å². The van der Waals surface area contributed by atoms with Crippen molar-refractivity contribution in [3.05, 3.63) is 82.6 Å². The summed E-state index contributed by atoms with van der Waals surface area (Å²) in [4.78, 5) is 31.2. The molecule has 1 aromatic heterocycles. The van der Waals surface area contributed by atoms with Crippen LogP contribution in [0.5, 0.6) is 5.75 Å². The summed E-state index contributed by atoms with van der Waals surface area (Å²) in [5.41, 5.74) is 0.766. The number of carbonyl (C=O) groups excluding carboxylic acids is 2. The molecule has 1 saturated heterocycles. The molecule has 8 heteroatoms. The van der Waals surface area contributed by atoms with Crippen LogP contribution < -0.4 is 9.64 Å². The quantitative estimate of drug-likeness (QED) is 0.355. The Hall–Kier alpha value is -3.52. The Morgan fingerprint density at radius 2 is 1.81 bits per heavy atom. The van der Waals surface area contributed by atoms with E-state index in [9.17, 15) is 19.1 Å². The van der Waals surface area contributed by atoms with E-state index < -0.39 is 23.5 Å². The van der Waals surface area contributed by atoms with Gasteiger partial charge in [0.2, 0.25) is 0 Å². The molecule has 3 aromatic rings. The highest BCUT2D eigenvalue weighted by Gasteiger charge is 2.47. The summed E-state index contributed by atoms with van der Waals surface area (Å²) in [6, 6.07) is 11.1. The van der Waals surface area contributed by atoms with Crippen LogP contribution in [0.1, 0.15) is 31.0 Å². The molecule has 0 radical (unpaired) electrons. The molecule has 0 bridgehead atoms. The number of ketones is 1. The lowest BCUT2D eigenvalue weighted by molar-refractivity contribution is -0.132. The average molecular weight is 438 g/mol. The number of halogens is 1. The third-order valence-corrected chi connectivity index (χ3v) is 5.53. The Kier molecular flexibility index (Phi) is 5.56. The van der Waals surface area contributed by atoms with Crippen molar-refractivity contribution in [3.63, 3.8) is 0 Å². The van der Waals surface area contributed by atoms with Gasteiger partial charge >= 0.3 is 5.91 Å². The van der Waals surface area contributed by atoms with Crippen molar-refractivity contribution in [2.45, 2.75) is 26.0 Å². The number of carbonyl (C=O) groups is 2. The molecule has 2 heterocycles. The van der Waals surface area contributed by atoms with Crippen molar-refractivity contribution in [2.24, 2.45) is 0 Å². The molecule has 1 unspecified atom stereocenters. The summed E-state index contributed by atoms with van der Waals surface area (Å²) in [6.45, 7) is 3.80. The molecular formula is C23H19FN2O4S. The molecule has 1 atom stereocenters. The summed E-state index contributed by atoms with van der Waals surface area (Å²) in [7, 11) is 0. The maximum Gasteiger partial charge on any atom is 0.301 e. The highest BCUT2D eigenvalue weighted by Crippen LogP contribution is 2.42. The Bertz CT molecular complexity index is 1140. The summed E-state index contributed by atoms with van der Waals surface area (Å²) in [5.74, 6) is -1.78. The Morgan fingerprint density at radius 3 is 2.39 bits per heavy atom. The Morgan fingerprint density at radius 1 is 1.13 bits per heavy atom. The summed E-state index contributed by atoms with van der Waals surface area (Å²) >= 11 is 1.19. The van der Waals surface area contributed by atoms with Gasteiger partial charge in [0.15, 0.2) is 5.13 Å². The van der Waals surface area contributed by atoms with Crippen molar-refractivity contribution in [1.29, 1.82) is 0 Å². The van der Waals surface area contributed by atoms with Crippen LogP contribution in [0.4, 0.5) is 9.52 Å². The van der Waals surface area contributed by atoms with Crippen molar-refractivity contribution >= 4 is 33.9 Å². The first-order valence-corrected chi connectivity index (χ1v) is 10.5. The fourth-order valence-electron chi connectivity index (χ4n) is 3.44. The van der Waals surface area contributed by atoms with Crippen LogP contribution >= 0.6 is 11.3 Å². The molecule has 0 saturated carbocycles. The highest BCUT2D eigenvalue weighted by atomic mass is 32.1. The van der Waals surface area contributed by atoms with Crippen LogP contribution in [-0.2, 0) is 9.59 Å². The molecule has 0 spiro atoms. The fraction of sp³-hybridized carbons (Fsp3) is 0.174. The lowest BCUT2D eigenvalue weighted by Crippen LogP contribution is -2.29. The summed E-state index contributed by atoms with van der Waals surface area (Å²) in [5, 5.41) is 13.0. The van der Waals surface area contributed by atoms with E-state index in [1.807, 2.05) is 13.8 Å². The van der Waals surface area contributed by atoms with E-state index in [2.05, 4.69) is 4.98 Å². The van der Waals surface area contributed by atoms with Crippen LogP contribution in [0.15, 0.2) is 65.7 Å². The molecule has 1 aliphatic heterocycles. The smallest absolute Gasteiger partial charge is 0.301 e. The van der Waals surface area contributed by atoms with Crippen LogP contribution in [0, 0.1) is 5.82 Å². The highest BCUT2D eigenvalue weighted by molar-refractivity contribution is 7.14. The number of nitrogens with zero attached hydrogens (tertiary/aromatic N) is 2. The molecule has 4 rings (SSSR count). The number of aliphatic hydroxyl groups excluding tert-OH is 1. The summed E-state index contributed by atoms with van der Waals surface area (Å²) < 4.78 is 19.1. The van der Waals surface area contributed by atoms with E-state index in [0.717, 1.165) is 0 Å². The minimum atomic E-state index is -0.932. The van der Waals surface area contributed by atoms with Gasteiger partial charge in [-0.1, -0.05) is 12.1 Å². The van der Waals surface area contributed by atoms with Crippen LogP contribution in [0.3, 0.4) is 0 Å². The standard InChI is InChI=1S/C23H19FN2O4S/c1-13(2)30-17-9-5-15(6-10-17)20(27)18-19(14-3-7-16(24)8-4-14)26(22(29)21(18)28)23-25-11-12-31-23/h3-13,19,27H,1-2H3/b20-18-. The van der Waals surface area contributed by atoms with Gasteiger partial charge in [0.1, 0.15) is 17.3 Å². The minimum absolute atomic E-state index is 0.0125. The minimum Gasteiger partial charge on any atom is -0.507 e. The molecular weight excluding hydrogens is 419 g/mol. The van der Waals surface area contributed by atoms with Crippen molar-refractivity contribution < 1.29 is 23.8 Å². The normalized spacial score (nSPS) is 18.1. The zero-order valence-corrected chi connectivity index (χ0v) is 17.6. The predicted octanol–water partition coefficient (Wildman–Crippen LogP) is 4.70. The van der Waals surface area contributed by atoms with E-state index in [4.69, 9.17) is 4.74 Å². The first-order valence-electron chi connectivity index (χ1n) is 9.60. The number of aromatic nitrogens is 1. The zero-order chi connectivity index (χ0) is 22.1. The number of anilines is 1. The number of hydrogen-bond donors (Lipinski definition) is 1. The van der Waals surface area contributed by atoms with E-state index in [1.165, 1.54) is 46.7 Å². The molecule has 1 fully saturated rings. The average Bonchev–Trinajstić information content (AvgIpc) is 3.35. The third-order valence-electron chi connectivity index (χ3n) is 4.76. The first-order chi connectivity index (χ1) is 14.9. The van der Waals surface area contributed by atoms with Gasteiger partial charge in [0.25, 0.3) is 5.78 Å². The SMILES string of the molecule is CC(C)Oc1ccc(/C(O)=C2/C(=O)C(=O)N(c3nccs3)C2c2ccc(F)cc2)cc1. The monoisotopic (exact) mass is 438 g/mol. The second-order valence-electron chi connectivity index (χ2n) is 7.23. The number of Topliss-reactive ketones (excluding diaryl/α,β-unsaturated/α-hetero) is 1. The molecule has 2 aromatic carbocycles. The molecule has 31 heavy (non-hydrogen) atoms. The molecule has 0 aliphatic carbocycles. The number of ether oxygens (including phenoxy) is 1. The number of benzene rings is 2. The van der Waals surface area contributed by atoms with Gasteiger partial charge in [-0.2, -0.15) is 0 Å². The van der Waals surface area contributed by atoms with E-state index in [0.29, 0.717) is 22.0 Å². The zero-order valence-electron chi connectivity index (χ0n) is 16.8. The fourth-order valence-corrected chi connectivity index (χ4v) is 4.11. The van der Waals surface area contributed by atoms with E-state index in [-0.39, 0.29) is 17.4 Å². The number of aliphatic hydroxyl groups is 1. The van der Waals surface area contributed by atoms with Crippen LogP contribution in [-0.4, -0.2) is 27.9 Å². The predicted molar refractivity (Wildman–Crippen MR) is 116 cm³/mol.